The Bertz CT molecular complexity index is 523. The van der Waals surface area contributed by atoms with Gasteiger partial charge in [0.25, 0.3) is 0 Å². The van der Waals surface area contributed by atoms with Crippen molar-refractivity contribution >= 4 is 11.9 Å². The first-order chi connectivity index (χ1) is 8.65. The van der Waals surface area contributed by atoms with Crippen LogP contribution in [0.1, 0.15) is 24.8 Å². The number of fused-ring (bicyclic) bond motifs is 2. The second-order valence-corrected chi connectivity index (χ2v) is 5.19. The van der Waals surface area contributed by atoms with Crippen molar-refractivity contribution in [3.8, 4) is 0 Å². The zero-order chi connectivity index (χ0) is 12.7. The number of nitrogens with zero attached hydrogens (tertiary/aromatic N) is 1. The minimum Gasteiger partial charge on any atom is -0.296 e. The van der Waals surface area contributed by atoms with Crippen LogP contribution in [0.15, 0.2) is 29.8 Å². The van der Waals surface area contributed by atoms with Gasteiger partial charge in [-0.05, 0) is 43.7 Å². The van der Waals surface area contributed by atoms with Crippen LogP contribution in [0, 0.1) is 5.82 Å². The summed E-state index contributed by atoms with van der Waals surface area (Å²) in [6.45, 7) is 0. The van der Waals surface area contributed by atoms with Crippen LogP contribution in [0.3, 0.4) is 0 Å². The largest absolute Gasteiger partial charge is 0.296 e. The van der Waals surface area contributed by atoms with Crippen molar-refractivity contribution in [1.29, 1.82) is 0 Å². The highest BCUT2D eigenvalue weighted by Crippen LogP contribution is 2.36. The van der Waals surface area contributed by atoms with Gasteiger partial charge in [0.2, 0.25) is 0 Å². The SMILES string of the molecule is CN1C2CCC1/C(=C/c1cccc(F)c1)C(=O)C2. The molecule has 0 amide bonds. The molecule has 0 N–H and O–H groups in total. The molecule has 18 heavy (non-hydrogen) atoms. The lowest BCUT2D eigenvalue weighted by atomic mass is 9.94. The van der Waals surface area contributed by atoms with Crippen molar-refractivity contribution < 1.29 is 9.18 Å². The lowest BCUT2D eigenvalue weighted by Crippen LogP contribution is -2.41. The molecular formula is C15H16FNO. The first-order valence-electron chi connectivity index (χ1n) is 6.37. The molecule has 1 aromatic rings. The van der Waals surface area contributed by atoms with Crippen LogP contribution in [0.2, 0.25) is 0 Å². The number of hydrogen-bond donors (Lipinski definition) is 0. The fraction of sp³-hybridized carbons (Fsp3) is 0.400. The third-order valence-corrected chi connectivity index (χ3v) is 4.11. The van der Waals surface area contributed by atoms with Crippen molar-refractivity contribution in [2.24, 2.45) is 0 Å². The van der Waals surface area contributed by atoms with E-state index in [0.29, 0.717) is 12.5 Å². The number of benzene rings is 1. The van der Waals surface area contributed by atoms with Crippen LogP contribution in [0.25, 0.3) is 6.08 Å². The maximum atomic E-state index is 13.2. The highest BCUT2D eigenvalue weighted by atomic mass is 19.1. The summed E-state index contributed by atoms with van der Waals surface area (Å²) in [4.78, 5) is 14.4. The Morgan fingerprint density at radius 3 is 3.00 bits per heavy atom. The maximum absolute atomic E-state index is 13.2. The summed E-state index contributed by atoms with van der Waals surface area (Å²) >= 11 is 0. The third-order valence-electron chi connectivity index (χ3n) is 4.11. The van der Waals surface area contributed by atoms with E-state index >= 15 is 0 Å². The molecule has 3 rings (SSSR count). The molecule has 0 aliphatic carbocycles. The summed E-state index contributed by atoms with van der Waals surface area (Å²) in [5.74, 6) is -0.0323. The molecule has 0 aromatic heterocycles. The summed E-state index contributed by atoms with van der Waals surface area (Å²) in [6, 6.07) is 7.04. The number of hydrogen-bond acceptors (Lipinski definition) is 2. The lowest BCUT2D eigenvalue weighted by Gasteiger charge is -2.32. The van der Waals surface area contributed by atoms with Gasteiger partial charge in [-0.1, -0.05) is 12.1 Å². The predicted octanol–water partition coefficient (Wildman–Crippen LogP) is 2.64. The number of piperidine rings is 1. The van der Waals surface area contributed by atoms with Crippen LogP contribution in [0.4, 0.5) is 4.39 Å². The number of carbonyl (C=O) groups excluding carboxylic acids is 1. The van der Waals surface area contributed by atoms with Crippen molar-refractivity contribution in [2.45, 2.75) is 31.3 Å². The van der Waals surface area contributed by atoms with E-state index in [-0.39, 0.29) is 17.6 Å². The predicted molar refractivity (Wildman–Crippen MR) is 68.6 cm³/mol. The minimum absolute atomic E-state index is 0.222. The topological polar surface area (TPSA) is 20.3 Å². The van der Waals surface area contributed by atoms with Gasteiger partial charge in [-0.25, -0.2) is 4.39 Å². The van der Waals surface area contributed by atoms with Gasteiger partial charge in [0.15, 0.2) is 5.78 Å². The van der Waals surface area contributed by atoms with Gasteiger partial charge in [-0.2, -0.15) is 0 Å². The monoisotopic (exact) mass is 245 g/mol. The smallest absolute Gasteiger partial charge is 0.162 e. The molecule has 94 valence electrons. The highest BCUT2D eigenvalue weighted by Gasteiger charge is 2.41. The van der Waals surface area contributed by atoms with Crippen LogP contribution >= 0.6 is 0 Å². The van der Waals surface area contributed by atoms with Gasteiger partial charge in [0.1, 0.15) is 5.82 Å². The van der Waals surface area contributed by atoms with E-state index in [1.165, 1.54) is 12.1 Å². The Hall–Kier alpha value is -1.48. The maximum Gasteiger partial charge on any atom is 0.162 e. The van der Waals surface area contributed by atoms with Crippen molar-refractivity contribution in [1.82, 2.24) is 4.90 Å². The van der Waals surface area contributed by atoms with E-state index < -0.39 is 0 Å². The number of ketones is 1. The number of halogens is 1. The zero-order valence-corrected chi connectivity index (χ0v) is 10.4. The van der Waals surface area contributed by atoms with Crippen molar-refractivity contribution in [3.63, 3.8) is 0 Å². The average molecular weight is 245 g/mol. The molecule has 0 saturated carbocycles. The van der Waals surface area contributed by atoms with Gasteiger partial charge in [-0.3, -0.25) is 9.69 Å². The zero-order valence-electron chi connectivity index (χ0n) is 10.4. The van der Waals surface area contributed by atoms with Gasteiger partial charge in [0.05, 0.1) is 0 Å². The summed E-state index contributed by atoms with van der Waals surface area (Å²) in [6.07, 6.45) is 4.59. The summed E-state index contributed by atoms with van der Waals surface area (Å²) in [7, 11) is 2.08. The molecule has 2 bridgehead atoms. The fourth-order valence-electron chi connectivity index (χ4n) is 3.10. The molecule has 1 aromatic carbocycles. The van der Waals surface area contributed by atoms with Crippen LogP contribution in [0.5, 0.6) is 0 Å². The summed E-state index contributed by atoms with van der Waals surface area (Å²) in [5, 5.41) is 0. The number of rotatable bonds is 1. The van der Waals surface area contributed by atoms with Crippen molar-refractivity contribution in [2.75, 3.05) is 7.05 Å². The number of carbonyl (C=O) groups is 1. The number of likely N-dealkylation sites (N-methyl/N-ethyl adjacent to an activating group) is 1. The summed E-state index contributed by atoms with van der Waals surface area (Å²) in [5.41, 5.74) is 1.62. The quantitative estimate of drug-likeness (QED) is 0.709. The first kappa shape index (κ1) is 11.6. The number of Topliss-reactive ketones (excluding diaryl/α,β-unsaturated/α-hetero) is 1. The van der Waals surface area contributed by atoms with E-state index in [1.807, 2.05) is 12.1 Å². The molecule has 2 saturated heterocycles. The second kappa shape index (κ2) is 4.32. The molecule has 2 atom stereocenters. The second-order valence-electron chi connectivity index (χ2n) is 5.19. The minimum atomic E-state index is -0.259. The first-order valence-corrected chi connectivity index (χ1v) is 6.37. The van der Waals surface area contributed by atoms with Crippen LogP contribution in [-0.4, -0.2) is 29.8 Å². The molecule has 3 heteroatoms. The normalized spacial score (nSPS) is 30.1. The van der Waals surface area contributed by atoms with Crippen LogP contribution in [-0.2, 0) is 4.79 Å². The highest BCUT2D eigenvalue weighted by molar-refractivity contribution is 6.02. The van der Waals surface area contributed by atoms with E-state index in [9.17, 15) is 9.18 Å². The molecule has 2 nitrogen and oxygen atoms in total. The van der Waals surface area contributed by atoms with Gasteiger partial charge in [0, 0.05) is 24.1 Å². The molecular weight excluding hydrogens is 229 g/mol. The van der Waals surface area contributed by atoms with Gasteiger partial charge >= 0.3 is 0 Å². The Morgan fingerprint density at radius 1 is 1.39 bits per heavy atom. The van der Waals surface area contributed by atoms with Crippen molar-refractivity contribution in [3.05, 3.63) is 41.2 Å². The average Bonchev–Trinajstić information content (AvgIpc) is 2.58. The van der Waals surface area contributed by atoms with E-state index in [2.05, 4.69) is 11.9 Å². The fourth-order valence-corrected chi connectivity index (χ4v) is 3.10. The van der Waals surface area contributed by atoms with Gasteiger partial charge in [-0.15, -0.1) is 0 Å². The van der Waals surface area contributed by atoms with E-state index in [1.54, 1.807) is 6.07 Å². The molecule has 2 aliphatic heterocycles. The van der Waals surface area contributed by atoms with Gasteiger partial charge < -0.3 is 0 Å². The molecule has 0 radical (unpaired) electrons. The Kier molecular flexibility index (Phi) is 2.78. The van der Waals surface area contributed by atoms with E-state index in [4.69, 9.17) is 0 Å². The molecule has 2 fully saturated rings. The Labute approximate surface area is 106 Å². The van der Waals surface area contributed by atoms with Crippen LogP contribution < -0.4 is 0 Å². The standard InChI is InChI=1S/C15H16FNO/c1-17-12-5-6-14(17)13(15(18)9-12)8-10-3-2-4-11(16)7-10/h2-4,7-8,12,14H,5-6,9H2,1H3/b13-8-. The third kappa shape index (κ3) is 1.89. The van der Waals surface area contributed by atoms with E-state index in [0.717, 1.165) is 24.0 Å². The Morgan fingerprint density at radius 2 is 2.22 bits per heavy atom. The molecule has 2 unspecified atom stereocenters. The summed E-state index contributed by atoms with van der Waals surface area (Å²) < 4.78 is 13.2. The molecule has 0 spiro atoms. The lowest BCUT2D eigenvalue weighted by molar-refractivity contribution is -0.118. The Balaban J connectivity index is 1.97. The molecule has 2 heterocycles. The molecule has 2 aliphatic rings.